The van der Waals surface area contributed by atoms with Crippen molar-refractivity contribution in [2.45, 2.75) is 51.1 Å². The maximum atomic E-state index is 9.92. The molecule has 1 aromatic carbocycles. The van der Waals surface area contributed by atoms with Crippen molar-refractivity contribution in [2.75, 3.05) is 0 Å². The summed E-state index contributed by atoms with van der Waals surface area (Å²) < 4.78 is 0. The molecule has 0 radical (unpaired) electrons. The quantitative estimate of drug-likeness (QED) is 0.745. The van der Waals surface area contributed by atoms with Gasteiger partial charge in [0.05, 0.1) is 10.7 Å². The van der Waals surface area contributed by atoms with Gasteiger partial charge in [-0.3, -0.25) is 0 Å². The molecule has 1 aliphatic carbocycles. The molecule has 2 atom stereocenters. The number of phenols is 2. The van der Waals surface area contributed by atoms with Gasteiger partial charge in [-0.1, -0.05) is 6.92 Å². The predicted molar refractivity (Wildman–Crippen MR) is 86.7 cm³/mol. The van der Waals surface area contributed by atoms with Gasteiger partial charge in [-0.05, 0) is 48.9 Å². The number of phenolic OH excluding ortho intramolecular Hbond substituents is 2. The Morgan fingerprint density at radius 2 is 2.14 bits per heavy atom. The van der Waals surface area contributed by atoms with E-state index in [1.807, 2.05) is 11.3 Å². The van der Waals surface area contributed by atoms with Gasteiger partial charge in [0.2, 0.25) is 0 Å². The molecule has 22 heavy (non-hydrogen) atoms. The van der Waals surface area contributed by atoms with Crippen molar-refractivity contribution in [1.29, 1.82) is 0 Å². The van der Waals surface area contributed by atoms with E-state index >= 15 is 0 Å². The summed E-state index contributed by atoms with van der Waals surface area (Å²) in [4.78, 5) is 6.13. The van der Waals surface area contributed by atoms with E-state index in [0.29, 0.717) is 6.04 Å². The van der Waals surface area contributed by atoms with Crippen LogP contribution in [0.1, 0.15) is 52.4 Å². The molecule has 1 aromatic heterocycles. The lowest BCUT2D eigenvalue weighted by atomic mass is 9.76. The minimum Gasteiger partial charge on any atom is -0.504 e. The Balaban J connectivity index is 1.83. The van der Waals surface area contributed by atoms with Gasteiger partial charge in [0.25, 0.3) is 0 Å². The Bertz CT molecular complexity index is 726. The Labute approximate surface area is 133 Å². The number of thiazole rings is 1. The minimum absolute atomic E-state index is 0.0165. The van der Waals surface area contributed by atoms with E-state index in [-0.39, 0.29) is 17.4 Å². The predicted octanol–water partition coefficient (Wildman–Crippen LogP) is 3.06. The van der Waals surface area contributed by atoms with Crippen LogP contribution in [0.15, 0.2) is 12.1 Å². The third-order valence-corrected chi connectivity index (χ3v) is 5.99. The van der Waals surface area contributed by atoms with E-state index in [1.54, 1.807) is 12.1 Å². The number of aromatic hydroxyl groups is 2. The number of fused-ring (bicyclic) bond motifs is 5. The second-order valence-corrected chi connectivity index (χ2v) is 7.33. The molecule has 4 nitrogen and oxygen atoms in total. The number of nitrogens with one attached hydrogen (secondary N) is 1. The van der Waals surface area contributed by atoms with Gasteiger partial charge in [0, 0.05) is 23.4 Å². The van der Waals surface area contributed by atoms with Crippen LogP contribution in [0.5, 0.6) is 11.5 Å². The van der Waals surface area contributed by atoms with Gasteiger partial charge >= 0.3 is 0 Å². The zero-order valence-corrected chi connectivity index (χ0v) is 13.4. The van der Waals surface area contributed by atoms with Crippen molar-refractivity contribution in [3.63, 3.8) is 0 Å². The maximum Gasteiger partial charge on any atom is 0.157 e. The fourth-order valence-electron chi connectivity index (χ4n) is 3.71. The molecule has 0 fully saturated rings. The van der Waals surface area contributed by atoms with E-state index in [9.17, 15) is 10.2 Å². The van der Waals surface area contributed by atoms with Crippen LogP contribution in [0.25, 0.3) is 0 Å². The number of rotatable bonds is 2. The lowest BCUT2D eigenvalue weighted by molar-refractivity contribution is 0.381. The summed E-state index contributed by atoms with van der Waals surface area (Å²) in [5, 5.41) is 24.5. The van der Waals surface area contributed by atoms with Crippen molar-refractivity contribution in [1.82, 2.24) is 10.3 Å². The van der Waals surface area contributed by atoms with E-state index in [0.717, 1.165) is 49.0 Å². The van der Waals surface area contributed by atoms with Crippen LogP contribution in [0, 0.1) is 0 Å². The van der Waals surface area contributed by atoms with Crippen LogP contribution in [-0.4, -0.2) is 21.2 Å². The maximum absolute atomic E-state index is 9.92. The summed E-state index contributed by atoms with van der Waals surface area (Å²) in [5.74, 6) is 0.212. The first kappa shape index (κ1) is 14.0. The summed E-state index contributed by atoms with van der Waals surface area (Å²) in [6, 6.07) is 3.87. The molecule has 0 spiro atoms. The molecule has 2 heterocycles. The molecule has 2 aromatic rings. The molecule has 0 bridgehead atoms. The summed E-state index contributed by atoms with van der Waals surface area (Å²) in [6.45, 7) is 3.02. The van der Waals surface area contributed by atoms with Gasteiger partial charge in [0.15, 0.2) is 11.5 Å². The number of nitrogens with zero attached hydrogens (tertiary/aromatic N) is 1. The lowest BCUT2D eigenvalue weighted by Crippen LogP contribution is -2.42. The molecular formula is C17H20N2O2S. The number of aromatic nitrogens is 1. The van der Waals surface area contributed by atoms with Gasteiger partial charge in [-0.2, -0.15) is 0 Å². The summed E-state index contributed by atoms with van der Waals surface area (Å²) in [7, 11) is 0. The highest BCUT2D eigenvalue weighted by Crippen LogP contribution is 2.45. The third kappa shape index (κ3) is 2.11. The molecule has 0 unspecified atom stereocenters. The Kier molecular flexibility index (Phi) is 3.35. The van der Waals surface area contributed by atoms with Crippen molar-refractivity contribution < 1.29 is 10.2 Å². The van der Waals surface area contributed by atoms with E-state index in [4.69, 9.17) is 4.98 Å². The molecule has 1 aliphatic heterocycles. The molecule has 116 valence electrons. The number of benzene rings is 1. The molecule has 4 rings (SSSR count). The first-order valence-corrected chi connectivity index (χ1v) is 8.75. The van der Waals surface area contributed by atoms with Gasteiger partial charge in [-0.15, -0.1) is 11.3 Å². The summed E-state index contributed by atoms with van der Waals surface area (Å²) >= 11 is 1.82. The average molecular weight is 316 g/mol. The van der Waals surface area contributed by atoms with Crippen molar-refractivity contribution in [2.24, 2.45) is 0 Å². The molecular weight excluding hydrogens is 296 g/mol. The largest absolute Gasteiger partial charge is 0.504 e. The van der Waals surface area contributed by atoms with Crippen LogP contribution in [0.2, 0.25) is 0 Å². The highest BCUT2D eigenvalue weighted by atomic mass is 32.1. The summed E-state index contributed by atoms with van der Waals surface area (Å²) in [6.07, 6.45) is 4.14. The van der Waals surface area contributed by atoms with Crippen molar-refractivity contribution >= 4 is 11.3 Å². The normalized spacial score (nSPS) is 22.8. The molecule has 5 heteroatoms. The lowest BCUT2D eigenvalue weighted by Gasteiger charge is -2.37. The van der Waals surface area contributed by atoms with Crippen LogP contribution in [0.4, 0.5) is 0 Å². The van der Waals surface area contributed by atoms with Crippen LogP contribution in [-0.2, 0) is 19.4 Å². The monoisotopic (exact) mass is 316 g/mol. The van der Waals surface area contributed by atoms with Crippen molar-refractivity contribution in [3.8, 4) is 11.5 Å². The van der Waals surface area contributed by atoms with E-state index in [2.05, 4.69) is 12.2 Å². The highest BCUT2D eigenvalue weighted by Gasteiger charge is 2.37. The Morgan fingerprint density at radius 1 is 1.32 bits per heavy atom. The molecule has 0 saturated carbocycles. The fraction of sp³-hybridized carbons (Fsp3) is 0.471. The topological polar surface area (TPSA) is 65.4 Å². The first-order chi connectivity index (χ1) is 10.7. The second kappa shape index (κ2) is 5.25. The van der Waals surface area contributed by atoms with Crippen molar-refractivity contribution in [3.05, 3.63) is 38.8 Å². The van der Waals surface area contributed by atoms with Crippen LogP contribution in [0.3, 0.4) is 0 Å². The fourth-order valence-corrected chi connectivity index (χ4v) is 5.08. The number of hydrogen-bond acceptors (Lipinski definition) is 5. The van der Waals surface area contributed by atoms with Crippen LogP contribution < -0.4 is 5.32 Å². The SMILES string of the molecule is CCCc1nc2c(s1)[C@@H]1c3cc(O)c(O)cc3CC[C@H]1NC2. The van der Waals surface area contributed by atoms with Gasteiger partial charge in [-0.25, -0.2) is 4.98 Å². The standard InChI is InChI=1S/C17H20N2O2S/c1-2-3-15-19-12-8-18-11-5-4-9-6-13(20)14(21)7-10(9)16(11)17(12)22-15/h6-7,11,16,18,20-21H,2-5,8H2,1H3/t11-,16-/m1/s1. The number of hydrogen-bond donors (Lipinski definition) is 3. The van der Waals surface area contributed by atoms with E-state index < -0.39 is 0 Å². The number of aryl methyl sites for hydroxylation is 2. The zero-order chi connectivity index (χ0) is 15.3. The minimum atomic E-state index is -0.0233. The first-order valence-electron chi connectivity index (χ1n) is 7.94. The zero-order valence-electron chi connectivity index (χ0n) is 12.6. The molecule has 0 amide bonds. The van der Waals surface area contributed by atoms with Crippen LogP contribution >= 0.6 is 11.3 Å². The Morgan fingerprint density at radius 3 is 2.95 bits per heavy atom. The van der Waals surface area contributed by atoms with Gasteiger partial charge in [0.1, 0.15) is 0 Å². The second-order valence-electron chi connectivity index (χ2n) is 6.21. The summed E-state index contributed by atoms with van der Waals surface area (Å²) in [5.41, 5.74) is 3.46. The van der Waals surface area contributed by atoms with E-state index in [1.165, 1.54) is 9.88 Å². The third-order valence-electron chi connectivity index (χ3n) is 4.75. The Hall–Kier alpha value is -1.59. The molecule has 0 saturated heterocycles. The average Bonchev–Trinajstić information content (AvgIpc) is 2.91. The highest BCUT2D eigenvalue weighted by molar-refractivity contribution is 7.11. The molecule has 2 aliphatic rings. The smallest absolute Gasteiger partial charge is 0.157 e. The van der Waals surface area contributed by atoms with Gasteiger partial charge < -0.3 is 15.5 Å². The molecule has 3 N–H and O–H groups in total.